The summed E-state index contributed by atoms with van der Waals surface area (Å²) in [5.74, 6) is 0.331. The number of alkyl halides is 3. The van der Waals surface area contributed by atoms with Crippen LogP contribution < -0.4 is 9.47 Å². The molecule has 0 atom stereocenters. The molecule has 2 heterocycles. The third-order valence-electron chi connectivity index (χ3n) is 4.68. The Kier molecular flexibility index (Phi) is 6.53. The van der Waals surface area contributed by atoms with Gasteiger partial charge >= 0.3 is 6.36 Å². The fraction of sp³-hybridized carbons (Fsp3) is 0.174. The summed E-state index contributed by atoms with van der Waals surface area (Å²) in [7, 11) is 1.68. The Morgan fingerprint density at radius 3 is 2.38 bits per heavy atom. The zero-order valence-electron chi connectivity index (χ0n) is 18.2. The van der Waals surface area contributed by atoms with Crippen LogP contribution in [0.5, 0.6) is 17.4 Å². The SMILES string of the molecule is Cc1nn(C)c(Oc2ccc(OC(F)(F)F)cc2)c1/C=N/OCc1ccc(-n2cccn2)cc1. The Morgan fingerprint density at radius 1 is 1.03 bits per heavy atom. The van der Waals surface area contributed by atoms with Crippen LogP contribution in [0.1, 0.15) is 16.8 Å². The molecule has 0 saturated carbocycles. The van der Waals surface area contributed by atoms with Crippen molar-refractivity contribution in [3.8, 4) is 23.1 Å². The Balaban J connectivity index is 1.39. The van der Waals surface area contributed by atoms with Crippen LogP contribution in [0, 0.1) is 6.92 Å². The molecule has 4 aromatic rings. The minimum atomic E-state index is -4.76. The molecule has 2 aromatic carbocycles. The second-order valence-electron chi connectivity index (χ2n) is 7.17. The number of aromatic nitrogens is 4. The maximum absolute atomic E-state index is 12.3. The second kappa shape index (κ2) is 9.69. The van der Waals surface area contributed by atoms with Gasteiger partial charge in [-0.2, -0.15) is 10.2 Å². The lowest BCUT2D eigenvalue weighted by Gasteiger charge is -2.10. The predicted molar refractivity (Wildman–Crippen MR) is 117 cm³/mol. The van der Waals surface area contributed by atoms with Crippen molar-refractivity contribution in [2.45, 2.75) is 19.9 Å². The summed E-state index contributed by atoms with van der Waals surface area (Å²) in [5, 5.41) is 12.5. The van der Waals surface area contributed by atoms with Crippen LogP contribution in [0.4, 0.5) is 13.2 Å². The second-order valence-corrected chi connectivity index (χ2v) is 7.17. The first-order valence-electron chi connectivity index (χ1n) is 10.1. The maximum atomic E-state index is 12.3. The summed E-state index contributed by atoms with van der Waals surface area (Å²) >= 11 is 0. The van der Waals surface area contributed by atoms with E-state index >= 15 is 0 Å². The van der Waals surface area contributed by atoms with E-state index in [9.17, 15) is 13.2 Å². The van der Waals surface area contributed by atoms with Crippen molar-refractivity contribution in [1.82, 2.24) is 19.6 Å². The highest BCUT2D eigenvalue weighted by Gasteiger charge is 2.31. The van der Waals surface area contributed by atoms with Crippen molar-refractivity contribution in [3.05, 3.63) is 83.8 Å². The average molecular weight is 471 g/mol. The molecule has 34 heavy (non-hydrogen) atoms. The van der Waals surface area contributed by atoms with Gasteiger partial charge in [0.2, 0.25) is 5.88 Å². The zero-order valence-corrected chi connectivity index (χ0v) is 18.2. The molecule has 0 bridgehead atoms. The van der Waals surface area contributed by atoms with Gasteiger partial charge in [0.05, 0.1) is 23.2 Å². The molecule has 0 radical (unpaired) electrons. The number of rotatable bonds is 8. The molecular formula is C23H20F3N5O3. The van der Waals surface area contributed by atoms with Crippen molar-refractivity contribution in [2.24, 2.45) is 12.2 Å². The molecule has 0 aliphatic carbocycles. The largest absolute Gasteiger partial charge is 0.573 e. The van der Waals surface area contributed by atoms with Gasteiger partial charge in [0.1, 0.15) is 18.1 Å². The van der Waals surface area contributed by atoms with E-state index in [0.717, 1.165) is 11.3 Å². The van der Waals surface area contributed by atoms with Crippen LogP contribution in [-0.2, 0) is 18.5 Å². The molecule has 2 aromatic heterocycles. The van der Waals surface area contributed by atoms with E-state index in [1.165, 1.54) is 35.2 Å². The number of hydrogen-bond acceptors (Lipinski definition) is 6. The molecule has 176 valence electrons. The number of halogens is 3. The Bertz CT molecular complexity index is 1250. The first-order chi connectivity index (χ1) is 16.3. The molecule has 0 unspecified atom stereocenters. The molecule has 0 aliphatic heterocycles. The maximum Gasteiger partial charge on any atom is 0.573 e. The summed E-state index contributed by atoms with van der Waals surface area (Å²) in [5.41, 5.74) is 3.08. The average Bonchev–Trinajstić information content (AvgIpc) is 3.41. The predicted octanol–water partition coefficient (Wildman–Crippen LogP) is 5.16. The summed E-state index contributed by atoms with van der Waals surface area (Å²) < 4.78 is 50.0. The van der Waals surface area contributed by atoms with E-state index < -0.39 is 6.36 Å². The van der Waals surface area contributed by atoms with E-state index in [1.807, 2.05) is 36.5 Å². The van der Waals surface area contributed by atoms with E-state index in [-0.39, 0.29) is 12.4 Å². The number of hydrogen-bond donors (Lipinski definition) is 0. The number of benzene rings is 2. The fourth-order valence-corrected chi connectivity index (χ4v) is 3.11. The van der Waals surface area contributed by atoms with Gasteiger partial charge in [-0.1, -0.05) is 17.3 Å². The highest BCUT2D eigenvalue weighted by atomic mass is 19.4. The van der Waals surface area contributed by atoms with Gasteiger partial charge in [-0.15, -0.1) is 13.2 Å². The van der Waals surface area contributed by atoms with Crippen LogP contribution in [0.3, 0.4) is 0 Å². The monoisotopic (exact) mass is 471 g/mol. The van der Waals surface area contributed by atoms with E-state index in [0.29, 0.717) is 22.9 Å². The van der Waals surface area contributed by atoms with E-state index in [4.69, 9.17) is 9.57 Å². The summed E-state index contributed by atoms with van der Waals surface area (Å²) in [6.45, 7) is 2.04. The minimum Gasteiger partial charge on any atom is -0.439 e. The van der Waals surface area contributed by atoms with Crippen LogP contribution in [-0.4, -0.2) is 32.1 Å². The van der Waals surface area contributed by atoms with Gasteiger partial charge in [0.25, 0.3) is 0 Å². The van der Waals surface area contributed by atoms with Crippen molar-refractivity contribution in [1.29, 1.82) is 0 Å². The molecule has 4 rings (SSSR count). The Labute approximate surface area is 192 Å². The summed E-state index contributed by atoms with van der Waals surface area (Å²) in [4.78, 5) is 5.42. The van der Waals surface area contributed by atoms with Crippen LogP contribution >= 0.6 is 0 Å². The molecule has 0 N–H and O–H groups in total. The third-order valence-corrected chi connectivity index (χ3v) is 4.68. The molecule has 0 spiro atoms. The first kappa shape index (κ1) is 22.9. The molecule has 11 heteroatoms. The Morgan fingerprint density at radius 2 is 1.74 bits per heavy atom. The normalized spacial score (nSPS) is 11.7. The number of nitrogens with zero attached hydrogens (tertiary/aromatic N) is 5. The molecule has 0 amide bonds. The van der Waals surface area contributed by atoms with Crippen molar-refractivity contribution < 1.29 is 27.5 Å². The lowest BCUT2D eigenvalue weighted by molar-refractivity contribution is -0.274. The highest BCUT2D eigenvalue weighted by Crippen LogP contribution is 2.29. The van der Waals surface area contributed by atoms with Gasteiger partial charge in [-0.3, -0.25) is 0 Å². The van der Waals surface area contributed by atoms with Crippen LogP contribution in [0.2, 0.25) is 0 Å². The van der Waals surface area contributed by atoms with Gasteiger partial charge in [0, 0.05) is 19.4 Å². The number of oxime groups is 1. The van der Waals surface area contributed by atoms with Crippen molar-refractivity contribution >= 4 is 6.21 Å². The lowest BCUT2D eigenvalue weighted by Crippen LogP contribution is -2.16. The zero-order chi connectivity index (χ0) is 24.1. The van der Waals surface area contributed by atoms with Crippen molar-refractivity contribution in [2.75, 3.05) is 0 Å². The van der Waals surface area contributed by atoms with Crippen molar-refractivity contribution in [3.63, 3.8) is 0 Å². The quantitative estimate of drug-likeness (QED) is 0.262. The number of aryl methyl sites for hydroxylation is 2. The highest BCUT2D eigenvalue weighted by molar-refractivity contribution is 5.84. The topological polar surface area (TPSA) is 75.7 Å². The first-order valence-corrected chi connectivity index (χ1v) is 10.1. The molecule has 8 nitrogen and oxygen atoms in total. The molecular weight excluding hydrogens is 451 g/mol. The lowest BCUT2D eigenvalue weighted by atomic mass is 10.2. The van der Waals surface area contributed by atoms with Gasteiger partial charge in [-0.05, 0) is 55.0 Å². The third kappa shape index (κ3) is 5.74. The van der Waals surface area contributed by atoms with E-state index in [1.54, 1.807) is 24.9 Å². The molecule has 0 fully saturated rings. The summed E-state index contributed by atoms with van der Waals surface area (Å²) in [6.07, 6.45) is 0.293. The fourth-order valence-electron chi connectivity index (χ4n) is 3.11. The molecule has 0 saturated heterocycles. The van der Waals surface area contributed by atoms with Crippen LogP contribution in [0.25, 0.3) is 5.69 Å². The van der Waals surface area contributed by atoms with Gasteiger partial charge in [0.15, 0.2) is 0 Å². The smallest absolute Gasteiger partial charge is 0.439 e. The van der Waals surface area contributed by atoms with Gasteiger partial charge < -0.3 is 14.3 Å². The number of ether oxygens (including phenoxy) is 2. The standard InChI is InChI=1S/C23H20F3N5O3/c1-16-21(14-28-32-15-17-4-6-18(7-5-17)31-13-3-12-27-31)22(30(2)29-16)33-19-8-10-20(11-9-19)34-23(24,25)26/h3-14H,15H2,1-2H3/b28-14+. The van der Waals surface area contributed by atoms with E-state index in [2.05, 4.69) is 20.1 Å². The van der Waals surface area contributed by atoms with Gasteiger partial charge in [-0.25, -0.2) is 9.36 Å². The summed E-state index contributed by atoms with van der Waals surface area (Å²) in [6, 6.07) is 14.6. The minimum absolute atomic E-state index is 0.256. The molecule has 0 aliphatic rings. The Hall–Kier alpha value is -4.28. The van der Waals surface area contributed by atoms with Crippen LogP contribution in [0.15, 0.2) is 72.1 Å².